The van der Waals surface area contributed by atoms with Crippen molar-refractivity contribution in [2.45, 2.75) is 37.4 Å². The molecule has 0 spiro atoms. The molecule has 1 heterocycles. The highest BCUT2D eigenvalue weighted by atomic mass is 19.1. The summed E-state index contributed by atoms with van der Waals surface area (Å²) < 4.78 is 27.7. The summed E-state index contributed by atoms with van der Waals surface area (Å²) in [6.45, 7) is 1.43. The number of carbonyl (C=O) groups excluding carboxylic acids is 3. The summed E-state index contributed by atoms with van der Waals surface area (Å²) in [7, 11) is 1.62. The summed E-state index contributed by atoms with van der Waals surface area (Å²) in [6.07, 6.45) is 3.22. The minimum Gasteiger partial charge on any atom is -0.333 e. The van der Waals surface area contributed by atoms with E-state index in [-0.39, 0.29) is 5.56 Å². The summed E-state index contributed by atoms with van der Waals surface area (Å²) in [6, 6.07) is 18.4. The fourth-order valence-corrected chi connectivity index (χ4v) is 4.79. The Morgan fingerprint density at radius 3 is 2.03 bits per heavy atom. The number of likely N-dealkylation sites (N-methyl/N-ethyl adjacent to an activating group) is 1. The Balaban J connectivity index is 1.82. The topological polar surface area (TPSA) is 83.7 Å². The van der Waals surface area contributed by atoms with Gasteiger partial charge in [-0.2, -0.15) is 0 Å². The molecule has 196 valence electrons. The molecule has 4 atom stereocenters. The van der Waals surface area contributed by atoms with Crippen LogP contribution < -0.4 is 5.73 Å². The van der Waals surface area contributed by atoms with Gasteiger partial charge in [-0.25, -0.2) is 8.78 Å². The van der Waals surface area contributed by atoms with Crippen molar-refractivity contribution < 1.29 is 23.2 Å². The van der Waals surface area contributed by atoms with Crippen molar-refractivity contribution in [3.8, 4) is 0 Å². The number of nitrogens with two attached hydrogens (primary N) is 1. The number of imide groups is 1. The van der Waals surface area contributed by atoms with E-state index >= 15 is 0 Å². The van der Waals surface area contributed by atoms with Gasteiger partial charge < -0.3 is 10.6 Å². The molecule has 8 heteroatoms. The van der Waals surface area contributed by atoms with Gasteiger partial charge >= 0.3 is 0 Å². The van der Waals surface area contributed by atoms with Crippen molar-refractivity contribution in [3.05, 3.63) is 119 Å². The predicted molar refractivity (Wildman–Crippen MR) is 140 cm³/mol. The molecule has 1 aliphatic rings. The second kappa shape index (κ2) is 11.5. The minimum atomic E-state index is -1.27. The zero-order valence-corrected chi connectivity index (χ0v) is 21.1. The highest BCUT2D eigenvalue weighted by Gasteiger charge is 2.44. The summed E-state index contributed by atoms with van der Waals surface area (Å²) in [5, 5.41) is 0. The number of halogens is 2. The third kappa shape index (κ3) is 5.70. The Hall–Kier alpha value is -4.17. The molecule has 0 unspecified atom stereocenters. The molecule has 4 rings (SSSR count). The molecule has 0 saturated heterocycles. The number of rotatable bonds is 6. The molecule has 2 N–H and O–H groups in total. The summed E-state index contributed by atoms with van der Waals surface area (Å²) in [5.41, 5.74) is 7.56. The van der Waals surface area contributed by atoms with E-state index in [0.717, 1.165) is 28.2 Å². The van der Waals surface area contributed by atoms with E-state index in [4.69, 9.17) is 5.73 Å². The van der Waals surface area contributed by atoms with E-state index in [1.807, 2.05) is 72.8 Å². The van der Waals surface area contributed by atoms with Gasteiger partial charge in [0.2, 0.25) is 17.7 Å². The molecule has 0 radical (unpaired) electrons. The Bertz CT molecular complexity index is 1330. The molecular formula is C30H29F2N3O3. The zero-order chi connectivity index (χ0) is 27.4. The average molecular weight is 518 g/mol. The van der Waals surface area contributed by atoms with Gasteiger partial charge in [-0.3, -0.25) is 19.3 Å². The maximum absolute atomic E-state index is 14.1. The Labute approximate surface area is 220 Å². The first-order chi connectivity index (χ1) is 18.2. The van der Waals surface area contributed by atoms with Crippen LogP contribution in [0.15, 0.2) is 91.0 Å². The molecule has 0 aliphatic carbocycles. The molecule has 0 saturated carbocycles. The lowest BCUT2D eigenvalue weighted by atomic mass is 9.88. The van der Waals surface area contributed by atoms with Crippen LogP contribution in [0.25, 0.3) is 0 Å². The van der Waals surface area contributed by atoms with Crippen LogP contribution in [-0.4, -0.2) is 46.7 Å². The van der Waals surface area contributed by atoms with Crippen LogP contribution in [0.5, 0.6) is 0 Å². The smallest absolute Gasteiger partial charge is 0.247 e. The monoisotopic (exact) mass is 517 g/mol. The molecule has 0 aromatic heterocycles. The molecule has 3 amide bonds. The molecule has 0 fully saturated rings. The van der Waals surface area contributed by atoms with E-state index in [2.05, 4.69) is 0 Å². The lowest BCUT2D eigenvalue weighted by molar-refractivity contribution is -0.155. The number of nitrogens with zero attached hydrogens (tertiary/aromatic N) is 2. The molecule has 0 bridgehead atoms. The van der Waals surface area contributed by atoms with Crippen molar-refractivity contribution in [3.63, 3.8) is 0 Å². The summed E-state index contributed by atoms with van der Waals surface area (Å²) in [5.74, 6) is -4.39. The number of benzene rings is 3. The molecule has 3 aromatic rings. The van der Waals surface area contributed by atoms with Crippen LogP contribution in [0, 0.1) is 11.6 Å². The first-order valence-corrected chi connectivity index (χ1v) is 12.3. The van der Waals surface area contributed by atoms with Crippen molar-refractivity contribution >= 4 is 17.7 Å². The number of hydrogen-bond acceptors (Lipinski definition) is 4. The van der Waals surface area contributed by atoms with Crippen molar-refractivity contribution in [1.82, 2.24) is 9.80 Å². The SMILES string of the molecule is C[C@H](N)C(=O)N(C(=O)Cc1cc(F)cc(F)c1)[C@@H]1C(=O)N(C)[C@H](c2ccccc2)C=C[C@H]1c1ccccc1. The molecule has 1 aliphatic heterocycles. The fourth-order valence-electron chi connectivity index (χ4n) is 4.79. The lowest BCUT2D eigenvalue weighted by Gasteiger charge is -2.36. The Kier molecular flexibility index (Phi) is 8.12. The standard InChI is InChI=1S/C30H29F2N3O3/c1-19(33)29(37)35(27(36)17-20-15-23(31)18-24(32)16-20)28-25(21-9-5-3-6-10-21)13-14-26(34(2)30(28)38)22-11-7-4-8-12-22/h3-16,18-19,25-26,28H,17,33H2,1-2H3/t19-,25-,26-,28-/m0/s1. The molecule has 38 heavy (non-hydrogen) atoms. The third-order valence-electron chi connectivity index (χ3n) is 6.64. The minimum absolute atomic E-state index is 0.0402. The second-order valence-electron chi connectivity index (χ2n) is 9.42. The van der Waals surface area contributed by atoms with Gasteiger partial charge in [0.1, 0.15) is 17.7 Å². The molecule has 6 nitrogen and oxygen atoms in total. The first-order valence-electron chi connectivity index (χ1n) is 12.3. The molecule has 3 aromatic carbocycles. The Morgan fingerprint density at radius 2 is 1.47 bits per heavy atom. The first kappa shape index (κ1) is 26.9. The van der Waals surface area contributed by atoms with E-state index < -0.39 is 59.8 Å². The Morgan fingerprint density at radius 1 is 0.921 bits per heavy atom. The van der Waals surface area contributed by atoms with Gasteiger partial charge in [-0.15, -0.1) is 0 Å². The maximum atomic E-state index is 14.1. The quantitative estimate of drug-likeness (QED) is 0.499. The van der Waals surface area contributed by atoms with Crippen molar-refractivity contribution in [2.75, 3.05) is 7.05 Å². The highest BCUT2D eigenvalue weighted by Crippen LogP contribution is 2.35. The fraction of sp³-hybridized carbons (Fsp3) is 0.233. The van der Waals surface area contributed by atoms with Crippen LogP contribution in [0.3, 0.4) is 0 Å². The second-order valence-corrected chi connectivity index (χ2v) is 9.42. The van der Waals surface area contributed by atoms with Gasteiger partial charge in [0.05, 0.1) is 18.5 Å². The van der Waals surface area contributed by atoms with Gasteiger partial charge in [0.25, 0.3) is 0 Å². The summed E-state index contributed by atoms with van der Waals surface area (Å²) >= 11 is 0. The van der Waals surface area contributed by atoms with Crippen LogP contribution >= 0.6 is 0 Å². The number of amides is 3. The van der Waals surface area contributed by atoms with Crippen molar-refractivity contribution in [2.24, 2.45) is 5.73 Å². The normalized spacial score (nSPS) is 20.1. The zero-order valence-electron chi connectivity index (χ0n) is 21.1. The van der Waals surface area contributed by atoms with Crippen molar-refractivity contribution in [1.29, 1.82) is 0 Å². The van der Waals surface area contributed by atoms with Crippen LogP contribution in [0.2, 0.25) is 0 Å². The third-order valence-corrected chi connectivity index (χ3v) is 6.64. The number of carbonyl (C=O) groups is 3. The van der Waals surface area contributed by atoms with Crippen LogP contribution in [0.4, 0.5) is 8.78 Å². The van der Waals surface area contributed by atoms with Gasteiger partial charge in [-0.05, 0) is 35.7 Å². The number of hydrogen-bond donors (Lipinski definition) is 1. The lowest BCUT2D eigenvalue weighted by Crippen LogP contribution is -2.58. The van der Waals surface area contributed by atoms with Gasteiger partial charge in [0, 0.05) is 19.0 Å². The maximum Gasteiger partial charge on any atom is 0.247 e. The predicted octanol–water partition coefficient (Wildman–Crippen LogP) is 4.13. The average Bonchev–Trinajstić information content (AvgIpc) is 3.01. The molecular weight excluding hydrogens is 488 g/mol. The van der Waals surface area contributed by atoms with E-state index in [1.165, 1.54) is 11.8 Å². The van der Waals surface area contributed by atoms with E-state index in [0.29, 0.717) is 6.07 Å². The largest absolute Gasteiger partial charge is 0.333 e. The van der Waals surface area contributed by atoms with Gasteiger partial charge in [-0.1, -0.05) is 72.8 Å². The highest BCUT2D eigenvalue weighted by molar-refractivity contribution is 6.03. The summed E-state index contributed by atoms with van der Waals surface area (Å²) in [4.78, 5) is 43.6. The van der Waals surface area contributed by atoms with Crippen LogP contribution in [0.1, 0.15) is 35.6 Å². The van der Waals surface area contributed by atoms with E-state index in [9.17, 15) is 23.2 Å². The van der Waals surface area contributed by atoms with Gasteiger partial charge in [0.15, 0.2) is 0 Å². The van der Waals surface area contributed by atoms with Crippen LogP contribution in [-0.2, 0) is 20.8 Å². The van der Waals surface area contributed by atoms with E-state index in [1.54, 1.807) is 7.05 Å².